The Labute approximate surface area is 137 Å². The van der Waals surface area contributed by atoms with E-state index in [2.05, 4.69) is 29.1 Å². The van der Waals surface area contributed by atoms with Gasteiger partial charge in [-0.25, -0.2) is 4.98 Å². The van der Waals surface area contributed by atoms with Crippen molar-refractivity contribution in [2.45, 2.75) is 59.0 Å². The summed E-state index contributed by atoms with van der Waals surface area (Å²) in [5, 5.41) is 2.98. The van der Waals surface area contributed by atoms with Crippen molar-refractivity contribution in [2.75, 3.05) is 6.54 Å². The highest BCUT2D eigenvalue weighted by Crippen LogP contribution is 2.28. The standard InChI is InChI=1S/C17H26N4O2/c1-11(2)13(4)20-16(22)7-8-21(14-5-6-14)17(23)15-10-18-12(3)9-19-15/h9-11,13-14H,5-8H2,1-4H3,(H,20,22). The molecule has 1 N–H and O–H groups in total. The number of carbonyl (C=O) groups is 2. The first-order valence-electron chi connectivity index (χ1n) is 8.27. The average molecular weight is 318 g/mol. The third kappa shape index (κ3) is 5.01. The number of amides is 2. The van der Waals surface area contributed by atoms with Crippen molar-refractivity contribution in [2.24, 2.45) is 5.92 Å². The van der Waals surface area contributed by atoms with E-state index >= 15 is 0 Å². The normalized spacial score (nSPS) is 15.3. The Kier molecular flexibility index (Phi) is 5.69. The zero-order valence-corrected chi connectivity index (χ0v) is 14.4. The van der Waals surface area contributed by atoms with E-state index in [-0.39, 0.29) is 23.9 Å². The molecule has 0 radical (unpaired) electrons. The minimum atomic E-state index is -0.135. The third-order valence-electron chi connectivity index (χ3n) is 4.22. The number of carbonyl (C=O) groups excluding carboxylic acids is 2. The van der Waals surface area contributed by atoms with Gasteiger partial charge in [-0.2, -0.15) is 0 Å². The predicted molar refractivity (Wildman–Crippen MR) is 87.9 cm³/mol. The summed E-state index contributed by atoms with van der Waals surface area (Å²) in [6, 6.07) is 0.372. The molecule has 2 rings (SSSR count). The van der Waals surface area contributed by atoms with Gasteiger partial charge in [-0.05, 0) is 32.6 Å². The molecule has 1 fully saturated rings. The van der Waals surface area contributed by atoms with Gasteiger partial charge in [0.2, 0.25) is 5.91 Å². The number of nitrogens with zero attached hydrogens (tertiary/aromatic N) is 3. The molecule has 1 unspecified atom stereocenters. The quantitative estimate of drug-likeness (QED) is 0.833. The molecule has 6 nitrogen and oxygen atoms in total. The van der Waals surface area contributed by atoms with Crippen molar-refractivity contribution in [3.8, 4) is 0 Å². The molecule has 0 aromatic carbocycles. The molecule has 1 aliphatic rings. The first-order valence-corrected chi connectivity index (χ1v) is 8.27. The lowest BCUT2D eigenvalue weighted by atomic mass is 10.1. The fraction of sp³-hybridized carbons (Fsp3) is 0.647. The van der Waals surface area contributed by atoms with E-state index in [1.54, 1.807) is 11.1 Å². The van der Waals surface area contributed by atoms with Gasteiger partial charge in [0.05, 0.1) is 11.9 Å². The van der Waals surface area contributed by atoms with Gasteiger partial charge in [0, 0.05) is 31.2 Å². The molecular weight excluding hydrogens is 292 g/mol. The van der Waals surface area contributed by atoms with Crippen LogP contribution in [0.4, 0.5) is 0 Å². The maximum Gasteiger partial charge on any atom is 0.274 e. The van der Waals surface area contributed by atoms with Crippen molar-refractivity contribution in [1.29, 1.82) is 0 Å². The van der Waals surface area contributed by atoms with Crippen LogP contribution in [0, 0.1) is 12.8 Å². The molecule has 1 saturated carbocycles. The molecule has 23 heavy (non-hydrogen) atoms. The summed E-state index contributed by atoms with van der Waals surface area (Å²) in [6.45, 7) is 8.40. The van der Waals surface area contributed by atoms with Crippen molar-refractivity contribution in [3.05, 3.63) is 23.8 Å². The van der Waals surface area contributed by atoms with E-state index in [0.29, 0.717) is 24.6 Å². The van der Waals surface area contributed by atoms with Gasteiger partial charge in [0.15, 0.2) is 0 Å². The summed E-state index contributed by atoms with van der Waals surface area (Å²) >= 11 is 0. The van der Waals surface area contributed by atoms with Crippen LogP contribution in [0.2, 0.25) is 0 Å². The Bertz CT molecular complexity index is 552. The van der Waals surface area contributed by atoms with Crippen LogP contribution in [0.15, 0.2) is 12.4 Å². The minimum absolute atomic E-state index is 0.0142. The van der Waals surface area contributed by atoms with Crippen LogP contribution in [0.1, 0.15) is 56.2 Å². The fourth-order valence-corrected chi connectivity index (χ4v) is 2.20. The van der Waals surface area contributed by atoms with E-state index in [9.17, 15) is 9.59 Å². The average Bonchev–Trinajstić information content (AvgIpc) is 3.32. The Hall–Kier alpha value is -1.98. The van der Waals surface area contributed by atoms with Gasteiger partial charge in [-0.15, -0.1) is 0 Å². The summed E-state index contributed by atoms with van der Waals surface area (Å²) in [6.07, 6.45) is 5.41. The molecule has 1 aromatic heterocycles. The predicted octanol–water partition coefficient (Wildman–Crippen LogP) is 1.94. The van der Waals surface area contributed by atoms with Crippen LogP contribution in [0.3, 0.4) is 0 Å². The maximum atomic E-state index is 12.6. The van der Waals surface area contributed by atoms with Gasteiger partial charge in [0.25, 0.3) is 5.91 Å². The van der Waals surface area contributed by atoms with Gasteiger partial charge in [0.1, 0.15) is 5.69 Å². The third-order valence-corrected chi connectivity index (χ3v) is 4.22. The second-order valence-corrected chi connectivity index (χ2v) is 6.62. The highest BCUT2D eigenvalue weighted by Gasteiger charge is 2.33. The molecular formula is C17H26N4O2. The zero-order valence-electron chi connectivity index (χ0n) is 14.4. The Morgan fingerprint density at radius 1 is 1.26 bits per heavy atom. The molecule has 0 bridgehead atoms. The van der Waals surface area contributed by atoms with Crippen LogP contribution in [0.5, 0.6) is 0 Å². The van der Waals surface area contributed by atoms with Crippen molar-refractivity contribution >= 4 is 11.8 Å². The van der Waals surface area contributed by atoms with Crippen LogP contribution in [0.25, 0.3) is 0 Å². The Morgan fingerprint density at radius 3 is 2.48 bits per heavy atom. The van der Waals surface area contributed by atoms with E-state index in [1.807, 2.05) is 13.8 Å². The summed E-state index contributed by atoms with van der Waals surface area (Å²) in [5.74, 6) is 0.243. The molecule has 126 valence electrons. The molecule has 0 saturated heterocycles. The Morgan fingerprint density at radius 2 is 1.96 bits per heavy atom. The number of aryl methyl sites for hydroxylation is 1. The van der Waals surface area contributed by atoms with Crippen molar-refractivity contribution in [3.63, 3.8) is 0 Å². The first-order chi connectivity index (χ1) is 10.9. The van der Waals surface area contributed by atoms with Gasteiger partial charge in [-0.3, -0.25) is 14.6 Å². The topological polar surface area (TPSA) is 75.2 Å². The van der Waals surface area contributed by atoms with Crippen molar-refractivity contribution in [1.82, 2.24) is 20.2 Å². The van der Waals surface area contributed by atoms with Crippen LogP contribution in [-0.2, 0) is 4.79 Å². The lowest BCUT2D eigenvalue weighted by Gasteiger charge is -2.23. The molecule has 1 aliphatic carbocycles. The lowest BCUT2D eigenvalue weighted by molar-refractivity contribution is -0.122. The van der Waals surface area contributed by atoms with Gasteiger partial charge < -0.3 is 10.2 Å². The molecule has 0 aliphatic heterocycles. The van der Waals surface area contributed by atoms with Gasteiger partial charge >= 0.3 is 0 Å². The molecule has 1 heterocycles. The zero-order chi connectivity index (χ0) is 17.0. The molecule has 1 atom stereocenters. The Balaban J connectivity index is 1.93. The number of hydrogen-bond donors (Lipinski definition) is 1. The maximum absolute atomic E-state index is 12.6. The molecule has 0 spiro atoms. The number of nitrogens with one attached hydrogen (secondary N) is 1. The lowest BCUT2D eigenvalue weighted by Crippen LogP contribution is -2.40. The SMILES string of the molecule is Cc1cnc(C(=O)N(CCC(=O)NC(C)C(C)C)C2CC2)cn1. The van der Waals surface area contributed by atoms with Crippen molar-refractivity contribution < 1.29 is 9.59 Å². The van der Waals surface area contributed by atoms with Crippen LogP contribution < -0.4 is 5.32 Å². The van der Waals surface area contributed by atoms with Crippen LogP contribution >= 0.6 is 0 Å². The highest BCUT2D eigenvalue weighted by atomic mass is 16.2. The molecule has 6 heteroatoms. The van der Waals surface area contributed by atoms with E-state index in [1.165, 1.54) is 6.20 Å². The summed E-state index contributed by atoms with van der Waals surface area (Å²) in [4.78, 5) is 34.6. The molecule has 2 amide bonds. The number of hydrogen-bond acceptors (Lipinski definition) is 4. The molecule has 1 aromatic rings. The fourth-order valence-electron chi connectivity index (χ4n) is 2.20. The summed E-state index contributed by atoms with van der Waals surface area (Å²) in [5.41, 5.74) is 1.13. The second kappa shape index (κ2) is 7.53. The number of rotatable bonds is 7. The summed E-state index contributed by atoms with van der Waals surface area (Å²) < 4.78 is 0. The minimum Gasteiger partial charge on any atom is -0.353 e. The van der Waals surface area contributed by atoms with Gasteiger partial charge in [-0.1, -0.05) is 13.8 Å². The monoisotopic (exact) mass is 318 g/mol. The van der Waals surface area contributed by atoms with Crippen LogP contribution in [-0.4, -0.2) is 45.3 Å². The smallest absolute Gasteiger partial charge is 0.274 e. The first kappa shape index (κ1) is 17.4. The number of aromatic nitrogens is 2. The highest BCUT2D eigenvalue weighted by molar-refractivity contribution is 5.92. The largest absolute Gasteiger partial charge is 0.353 e. The second-order valence-electron chi connectivity index (χ2n) is 6.62. The summed E-state index contributed by atoms with van der Waals surface area (Å²) in [7, 11) is 0. The van der Waals surface area contributed by atoms with E-state index in [0.717, 1.165) is 18.5 Å². The van der Waals surface area contributed by atoms with E-state index in [4.69, 9.17) is 0 Å². The van der Waals surface area contributed by atoms with E-state index < -0.39 is 0 Å².